The van der Waals surface area contributed by atoms with E-state index in [-0.39, 0.29) is 23.9 Å². The summed E-state index contributed by atoms with van der Waals surface area (Å²) in [5.41, 5.74) is 2.23. The molecule has 2 N–H and O–H groups in total. The van der Waals surface area contributed by atoms with Crippen molar-refractivity contribution in [1.82, 2.24) is 4.72 Å². The van der Waals surface area contributed by atoms with Crippen LogP contribution in [-0.4, -0.2) is 24.7 Å². The van der Waals surface area contributed by atoms with Gasteiger partial charge in [-0.25, -0.2) is 12.8 Å². The van der Waals surface area contributed by atoms with Gasteiger partial charge in [0.05, 0.1) is 11.7 Å². The van der Waals surface area contributed by atoms with E-state index in [9.17, 15) is 22.7 Å². The highest BCUT2D eigenvalue weighted by Gasteiger charge is 2.36. The number of carbonyl (C=O) groups excluding carboxylic acids is 1. The van der Waals surface area contributed by atoms with E-state index < -0.39 is 21.2 Å². The minimum absolute atomic E-state index is 0.000864. The number of hydrogen-bond donors (Lipinski definition) is 2. The number of nitrogens with one attached hydrogen (secondary N) is 1. The molecule has 0 unspecified atom stereocenters. The van der Waals surface area contributed by atoms with Crippen LogP contribution in [0, 0.1) is 5.82 Å². The molecule has 2 fully saturated rings. The average molecular weight is 403 g/mol. The highest BCUT2D eigenvalue weighted by molar-refractivity contribution is 7.90. The molecule has 28 heavy (non-hydrogen) atoms. The van der Waals surface area contributed by atoms with Crippen molar-refractivity contribution in [2.45, 2.75) is 49.7 Å². The predicted octanol–water partition coefficient (Wildman–Crippen LogP) is 3.62. The summed E-state index contributed by atoms with van der Waals surface area (Å²) in [7, 11) is -3.59. The van der Waals surface area contributed by atoms with Gasteiger partial charge < -0.3 is 5.11 Å². The summed E-state index contributed by atoms with van der Waals surface area (Å²) in [5, 5.41) is 9.89. The molecule has 0 aromatic heterocycles. The summed E-state index contributed by atoms with van der Waals surface area (Å²) in [6.45, 7) is 0. The zero-order chi connectivity index (χ0) is 19.9. The summed E-state index contributed by atoms with van der Waals surface area (Å²) < 4.78 is 40.5. The van der Waals surface area contributed by atoms with Gasteiger partial charge in [-0.15, -0.1) is 0 Å². The summed E-state index contributed by atoms with van der Waals surface area (Å²) in [6, 6.07) is 9.47. The van der Waals surface area contributed by atoms with E-state index >= 15 is 0 Å². The van der Waals surface area contributed by atoms with Crippen LogP contribution < -0.4 is 4.72 Å². The predicted molar refractivity (Wildman–Crippen MR) is 104 cm³/mol. The molecule has 0 spiro atoms. The van der Waals surface area contributed by atoms with E-state index in [4.69, 9.17) is 0 Å². The Morgan fingerprint density at radius 2 is 1.86 bits per heavy atom. The van der Waals surface area contributed by atoms with Crippen molar-refractivity contribution in [2.75, 3.05) is 0 Å². The average Bonchev–Trinajstić information content (AvgIpc) is 3.42. The molecule has 7 heteroatoms. The fraction of sp³-hybridized carbons (Fsp3) is 0.381. The van der Waals surface area contributed by atoms with E-state index in [1.165, 1.54) is 12.1 Å². The summed E-state index contributed by atoms with van der Waals surface area (Å²) in [4.78, 5) is 12.2. The number of aromatic hydroxyl groups is 1. The number of phenols is 1. The molecule has 0 radical (unpaired) electrons. The second kappa shape index (κ2) is 7.20. The second-order valence-corrected chi connectivity index (χ2v) is 9.59. The lowest BCUT2D eigenvalue weighted by Gasteiger charge is -2.28. The maximum Gasteiger partial charge on any atom is 0.237 e. The maximum atomic E-state index is 14.5. The molecule has 0 saturated heterocycles. The lowest BCUT2D eigenvalue weighted by atomic mass is 9.76. The molecule has 0 aliphatic heterocycles. The highest BCUT2D eigenvalue weighted by Crippen LogP contribution is 2.44. The number of amides is 1. The van der Waals surface area contributed by atoms with Crippen LogP contribution in [0.25, 0.3) is 11.1 Å². The normalized spacial score (nSPS) is 17.2. The van der Waals surface area contributed by atoms with Crippen LogP contribution >= 0.6 is 0 Å². The fourth-order valence-corrected chi connectivity index (χ4v) is 4.95. The van der Waals surface area contributed by atoms with Crippen molar-refractivity contribution >= 4 is 15.9 Å². The van der Waals surface area contributed by atoms with E-state index in [0.717, 1.165) is 19.3 Å². The van der Waals surface area contributed by atoms with Crippen LogP contribution in [0.4, 0.5) is 4.39 Å². The van der Waals surface area contributed by atoms with E-state index in [2.05, 4.69) is 4.72 Å². The Hall–Kier alpha value is -2.41. The first-order valence-corrected chi connectivity index (χ1v) is 11.0. The van der Waals surface area contributed by atoms with Gasteiger partial charge in [0.15, 0.2) is 0 Å². The van der Waals surface area contributed by atoms with Crippen molar-refractivity contribution in [1.29, 1.82) is 0 Å². The topological polar surface area (TPSA) is 83.5 Å². The van der Waals surface area contributed by atoms with E-state index in [0.29, 0.717) is 35.1 Å². The molecule has 2 aromatic carbocycles. The molecule has 2 saturated carbocycles. The van der Waals surface area contributed by atoms with Gasteiger partial charge in [-0.3, -0.25) is 9.52 Å². The molecule has 148 valence electrons. The van der Waals surface area contributed by atoms with Gasteiger partial charge in [-0.1, -0.05) is 24.6 Å². The third kappa shape index (κ3) is 3.76. The van der Waals surface area contributed by atoms with Crippen molar-refractivity contribution in [3.63, 3.8) is 0 Å². The van der Waals surface area contributed by atoms with Gasteiger partial charge in [0.1, 0.15) is 11.6 Å². The summed E-state index contributed by atoms with van der Waals surface area (Å²) >= 11 is 0. The Bertz CT molecular complexity index is 1030. The zero-order valence-electron chi connectivity index (χ0n) is 15.3. The third-order valence-corrected chi connectivity index (χ3v) is 7.36. The number of benzene rings is 2. The molecule has 0 heterocycles. The third-order valence-electron chi connectivity index (χ3n) is 5.50. The molecule has 2 aliphatic rings. The molecule has 1 amide bonds. The minimum atomic E-state index is -3.59. The Labute approximate surface area is 163 Å². The quantitative estimate of drug-likeness (QED) is 0.772. The SMILES string of the molecule is O=C(Cc1ccc(O)c(-c2cccc(F)c2C2CCC2)c1)NS(=O)(=O)C1CC1. The summed E-state index contributed by atoms with van der Waals surface area (Å²) in [6.07, 6.45) is 3.91. The fourth-order valence-electron chi connectivity index (χ4n) is 3.63. The largest absolute Gasteiger partial charge is 0.507 e. The number of sulfonamides is 1. The minimum Gasteiger partial charge on any atom is -0.507 e. The first-order chi connectivity index (χ1) is 13.3. The molecular weight excluding hydrogens is 381 g/mol. The first-order valence-electron chi connectivity index (χ1n) is 9.50. The maximum absolute atomic E-state index is 14.5. The smallest absolute Gasteiger partial charge is 0.237 e. The van der Waals surface area contributed by atoms with Gasteiger partial charge in [0.2, 0.25) is 15.9 Å². The highest BCUT2D eigenvalue weighted by atomic mass is 32.2. The van der Waals surface area contributed by atoms with Crippen molar-refractivity contribution in [2.24, 2.45) is 0 Å². The van der Waals surface area contributed by atoms with Gasteiger partial charge in [-0.05, 0) is 66.5 Å². The Kier molecular flexibility index (Phi) is 4.87. The molecular formula is C21H22FNO4S. The monoisotopic (exact) mass is 403 g/mol. The Morgan fingerprint density at radius 3 is 2.50 bits per heavy atom. The van der Waals surface area contributed by atoms with Gasteiger partial charge in [0.25, 0.3) is 0 Å². The van der Waals surface area contributed by atoms with Gasteiger partial charge in [0, 0.05) is 5.56 Å². The molecule has 5 nitrogen and oxygen atoms in total. The van der Waals surface area contributed by atoms with Crippen LogP contribution in [0.1, 0.15) is 49.1 Å². The van der Waals surface area contributed by atoms with Gasteiger partial charge in [-0.2, -0.15) is 0 Å². The lowest BCUT2D eigenvalue weighted by molar-refractivity contribution is -0.118. The zero-order valence-corrected chi connectivity index (χ0v) is 16.1. The Balaban J connectivity index is 1.61. The summed E-state index contributed by atoms with van der Waals surface area (Å²) in [5.74, 6) is -0.769. The Morgan fingerprint density at radius 1 is 1.11 bits per heavy atom. The molecule has 2 aromatic rings. The molecule has 4 rings (SSSR count). The molecule has 0 atom stereocenters. The van der Waals surface area contributed by atoms with Crippen LogP contribution in [0.5, 0.6) is 5.75 Å². The number of phenolic OH excluding ortho intramolecular Hbond substituents is 1. The number of hydrogen-bond acceptors (Lipinski definition) is 4. The van der Waals surface area contributed by atoms with Crippen LogP contribution in [0.3, 0.4) is 0 Å². The number of carbonyl (C=O) groups is 1. The van der Waals surface area contributed by atoms with Crippen molar-refractivity contribution in [3.8, 4) is 16.9 Å². The number of halogens is 1. The van der Waals surface area contributed by atoms with E-state index in [1.807, 2.05) is 0 Å². The lowest BCUT2D eigenvalue weighted by Crippen LogP contribution is -2.34. The number of rotatable bonds is 6. The van der Waals surface area contributed by atoms with Crippen molar-refractivity contribution < 1.29 is 22.7 Å². The van der Waals surface area contributed by atoms with Crippen LogP contribution in [-0.2, 0) is 21.2 Å². The van der Waals surface area contributed by atoms with Gasteiger partial charge >= 0.3 is 0 Å². The molecule has 0 bridgehead atoms. The van der Waals surface area contributed by atoms with Crippen LogP contribution in [0.2, 0.25) is 0 Å². The van der Waals surface area contributed by atoms with Crippen molar-refractivity contribution in [3.05, 3.63) is 53.3 Å². The molecule has 2 aliphatic carbocycles. The van der Waals surface area contributed by atoms with E-state index in [1.54, 1.807) is 24.3 Å². The standard InChI is InChI=1S/C21H22FNO4S/c22-18-6-2-5-16(21(18)14-3-1-4-14)17-11-13(7-10-19(17)24)12-20(25)23-28(26,27)15-8-9-15/h2,5-7,10-11,14-15,24H,1,3-4,8-9,12H2,(H,23,25). The first kappa shape index (κ1) is 18.9. The second-order valence-electron chi connectivity index (χ2n) is 7.63. The van der Waals surface area contributed by atoms with Crippen LogP contribution in [0.15, 0.2) is 36.4 Å².